The van der Waals surface area contributed by atoms with E-state index < -0.39 is 0 Å². The van der Waals surface area contributed by atoms with Crippen molar-refractivity contribution in [2.24, 2.45) is 0 Å². The van der Waals surface area contributed by atoms with Crippen molar-refractivity contribution in [1.29, 1.82) is 0 Å². The zero-order chi connectivity index (χ0) is 50.1. The molecule has 0 N–H and O–H groups in total. The molecule has 0 saturated heterocycles. The molecule has 15 rings (SSSR count). The van der Waals surface area contributed by atoms with Crippen LogP contribution in [0, 0.1) is 0 Å². The lowest BCUT2D eigenvalue weighted by Gasteiger charge is -2.26. The SMILES string of the molecule is c1ccc(N(c2ccccc2)c2ccc3c(c2)c2ccc(-c4cccc5ccccc45)cc2c2cc4c5ccc(N(c6ccccc6)c6ccccc6)cc5c5ccc(-c6cccc7ccccc67)cc5c4cc32)cc1. The maximum atomic E-state index is 2.52. The number of hydrogen-bond donors (Lipinski definition) is 0. The van der Waals surface area contributed by atoms with Crippen LogP contribution in [-0.2, 0) is 0 Å². The molecule has 0 atom stereocenters. The molecular formula is C74H48N2. The maximum absolute atomic E-state index is 2.52. The van der Waals surface area contributed by atoms with E-state index in [0.717, 1.165) is 34.1 Å². The minimum Gasteiger partial charge on any atom is -0.310 e. The molecule has 0 radical (unpaired) electrons. The van der Waals surface area contributed by atoms with Gasteiger partial charge in [-0.15, -0.1) is 0 Å². The first-order chi connectivity index (χ1) is 37.7. The van der Waals surface area contributed by atoms with Crippen LogP contribution in [0.5, 0.6) is 0 Å². The zero-order valence-electron chi connectivity index (χ0n) is 41.6. The fourth-order valence-corrected chi connectivity index (χ4v) is 12.2. The molecule has 0 aliphatic carbocycles. The van der Waals surface area contributed by atoms with Gasteiger partial charge in [-0.1, -0.05) is 194 Å². The van der Waals surface area contributed by atoms with Crippen LogP contribution in [0.2, 0.25) is 0 Å². The largest absolute Gasteiger partial charge is 0.310 e. The summed E-state index contributed by atoms with van der Waals surface area (Å²) in [6, 6.07) is 107. The molecular weight excluding hydrogens is 917 g/mol. The Labute approximate surface area is 441 Å². The molecule has 0 saturated carbocycles. The Morgan fingerprint density at radius 3 is 0.829 bits per heavy atom. The van der Waals surface area contributed by atoms with E-state index in [0.29, 0.717) is 0 Å². The number of anilines is 6. The molecule has 0 amide bonds. The van der Waals surface area contributed by atoms with Gasteiger partial charge in [0.05, 0.1) is 0 Å². The van der Waals surface area contributed by atoms with Gasteiger partial charge in [0.25, 0.3) is 0 Å². The summed E-state index contributed by atoms with van der Waals surface area (Å²) < 4.78 is 0. The second-order valence-electron chi connectivity index (χ2n) is 20.0. The van der Waals surface area contributed by atoms with E-state index in [-0.39, 0.29) is 0 Å². The predicted molar refractivity (Wildman–Crippen MR) is 327 cm³/mol. The number of fused-ring (bicyclic) bond motifs is 14. The number of benzene rings is 15. The molecule has 15 aromatic rings. The second-order valence-corrected chi connectivity index (χ2v) is 20.0. The van der Waals surface area contributed by atoms with Crippen LogP contribution in [0.25, 0.3) is 108 Å². The van der Waals surface area contributed by atoms with Gasteiger partial charge >= 0.3 is 0 Å². The van der Waals surface area contributed by atoms with Gasteiger partial charge in [0, 0.05) is 34.1 Å². The molecule has 2 heteroatoms. The van der Waals surface area contributed by atoms with Crippen molar-refractivity contribution in [3.05, 3.63) is 291 Å². The summed E-state index contributed by atoms with van der Waals surface area (Å²) in [6.45, 7) is 0. The fraction of sp³-hybridized carbons (Fsp3) is 0. The molecule has 0 bridgehead atoms. The molecule has 354 valence electrons. The fourth-order valence-electron chi connectivity index (χ4n) is 12.2. The molecule has 0 aliphatic heterocycles. The van der Waals surface area contributed by atoms with Crippen molar-refractivity contribution in [3.63, 3.8) is 0 Å². The van der Waals surface area contributed by atoms with Crippen LogP contribution in [-0.4, -0.2) is 0 Å². The Kier molecular flexibility index (Phi) is 10.2. The van der Waals surface area contributed by atoms with E-state index in [1.165, 1.54) is 108 Å². The molecule has 15 aromatic carbocycles. The molecule has 0 unspecified atom stereocenters. The summed E-state index contributed by atoms with van der Waals surface area (Å²) in [7, 11) is 0. The number of para-hydroxylation sites is 4. The average molecular weight is 965 g/mol. The molecule has 0 heterocycles. The highest BCUT2D eigenvalue weighted by atomic mass is 15.1. The van der Waals surface area contributed by atoms with E-state index in [4.69, 9.17) is 0 Å². The summed E-state index contributed by atoms with van der Waals surface area (Å²) in [6.07, 6.45) is 0. The Balaban J connectivity index is 1.06. The van der Waals surface area contributed by atoms with Gasteiger partial charge in [0.15, 0.2) is 0 Å². The quantitative estimate of drug-likeness (QED) is 0.111. The molecule has 0 fully saturated rings. The highest BCUT2D eigenvalue weighted by Gasteiger charge is 2.21. The van der Waals surface area contributed by atoms with Crippen molar-refractivity contribution >= 4 is 120 Å². The lowest BCUT2D eigenvalue weighted by molar-refractivity contribution is 1.29. The van der Waals surface area contributed by atoms with Crippen molar-refractivity contribution in [3.8, 4) is 22.3 Å². The summed E-state index contributed by atoms with van der Waals surface area (Å²) in [4.78, 5) is 4.75. The van der Waals surface area contributed by atoms with Crippen molar-refractivity contribution in [1.82, 2.24) is 0 Å². The summed E-state index contributed by atoms with van der Waals surface area (Å²) in [5.41, 5.74) is 11.5. The van der Waals surface area contributed by atoms with E-state index in [1.54, 1.807) is 0 Å². The molecule has 0 aromatic heterocycles. The van der Waals surface area contributed by atoms with Crippen LogP contribution in [0.3, 0.4) is 0 Å². The van der Waals surface area contributed by atoms with Crippen LogP contribution in [0.4, 0.5) is 34.1 Å². The van der Waals surface area contributed by atoms with Gasteiger partial charge in [-0.05, 0) is 205 Å². The number of rotatable bonds is 8. The van der Waals surface area contributed by atoms with Crippen LogP contribution in [0.1, 0.15) is 0 Å². The molecule has 0 aliphatic rings. The van der Waals surface area contributed by atoms with Gasteiger partial charge < -0.3 is 9.80 Å². The standard InChI is InChI=1S/C74H48N2/c1-5-23-53(24-6-1)75(54-25-7-2-8-26-54)57-37-41-65-69(45-57)63-39-35-51(61-33-17-21-49-19-13-15-31-59(49)61)43-67(63)73-48-72-66-42-38-58(76(55-27-9-3-10-28-55)56-29-11-4-12-30-56)46-70(66)64-40-36-52(44-68(64)74(72)47-71(65)73)62-34-18-22-50-20-14-16-32-60(50)62/h1-48H. The minimum absolute atomic E-state index is 1.11. The minimum atomic E-state index is 1.11. The van der Waals surface area contributed by atoms with Crippen molar-refractivity contribution in [2.75, 3.05) is 9.80 Å². The van der Waals surface area contributed by atoms with E-state index in [9.17, 15) is 0 Å². The van der Waals surface area contributed by atoms with Gasteiger partial charge in [-0.3, -0.25) is 0 Å². The first kappa shape index (κ1) is 43.6. The third kappa shape index (κ3) is 7.18. The topological polar surface area (TPSA) is 6.48 Å². The van der Waals surface area contributed by atoms with Gasteiger partial charge in [-0.2, -0.15) is 0 Å². The van der Waals surface area contributed by atoms with Gasteiger partial charge in [-0.25, -0.2) is 0 Å². The lowest BCUT2D eigenvalue weighted by Crippen LogP contribution is -2.09. The summed E-state index contributed by atoms with van der Waals surface area (Å²) in [5, 5.41) is 19.7. The van der Waals surface area contributed by atoms with E-state index >= 15 is 0 Å². The van der Waals surface area contributed by atoms with Crippen molar-refractivity contribution < 1.29 is 0 Å². The monoisotopic (exact) mass is 964 g/mol. The molecule has 76 heavy (non-hydrogen) atoms. The maximum Gasteiger partial charge on any atom is 0.0468 e. The Bertz CT molecular complexity index is 4350. The lowest BCUT2D eigenvalue weighted by atomic mass is 9.86. The number of nitrogens with zero attached hydrogens (tertiary/aromatic N) is 2. The third-order valence-corrected chi connectivity index (χ3v) is 15.7. The van der Waals surface area contributed by atoms with E-state index in [1.807, 2.05) is 0 Å². The van der Waals surface area contributed by atoms with Crippen LogP contribution < -0.4 is 9.80 Å². The van der Waals surface area contributed by atoms with E-state index in [2.05, 4.69) is 301 Å². The Hall–Kier alpha value is -10.0. The summed E-state index contributed by atoms with van der Waals surface area (Å²) in [5.74, 6) is 0. The average Bonchev–Trinajstić information content (AvgIpc) is 3.52. The molecule has 2 nitrogen and oxygen atoms in total. The highest BCUT2D eigenvalue weighted by molar-refractivity contribution is 6.34. The normalized spacial score (nSPS) is 11.7. The molecule has 0 spiro atoms. The van der Waals surface area contributed by atoms with Crippen molar-refractivity contribution in [2.45, 2.75) is 0 Å². The number of hydrogen-bond acceptors (Lipinski definition) is 2. The highest BCUT2D eigenvalue weighted by Crippen LogP contribution is 2.48. The first-order valence-corrected chi connectivity index (χ1v) is 26.2. The van der Waals surface area contributed by atoms with Crippen LogP contribution >= 0.6 is 0 Å². The first-order valence-electron chi connectivity index (χ1n) is 26.2. The van der Waals surface area contributed by atoms with Crippen LogP contribution in [0.15, 0.2) is 291 Å². The predicted octanol–water partition coefficient (Wildman–Crippen LogP) is 21.2. The van der Waals surface area contributed by atoms with Gasteiger partial charge in [0.2, 0.25) is 0 Å². The smallest absolute Gasteiger partial charge is 0.0468 e. The van der Waals surface area contributed by atoms with Gasteiger partial charge in [0.1, 0.15) is 0 Å². The Morgan fingerprint density at radius 2 is 0.447 bits per heavy atom. The Morgan fingerprint density at radius 1 is 0.158 bits per heavy atom. The zero-order valence-corrected chi connectivity index (χ0v) is 41.6. The second kappa shape index (κ2) is 17.9. The summed E-state index contributed by atoms with van der Waals surface area (Å²) >= 11 is 0. The third-order valence-electron chi connectivity index (χ3n) is 15.7.